The van der Waals surface area contributed by atoms with Crippen molar-refractivity contribution in [3.63, 3.8) is 0 Å². The number of hydrogen-bond acceptors (Lipinski definition) is 3. The Balaban J connectivity index is 1.63. The summed E-state index contributed by atoms with van der Waals surface area (Å²) >= 11 is 0. The molecule has 0 N–H and O–H groups in total. The summed E-state index contributed by atoms with van der Waals surface area (Å²) in [6.07, 6.45) is 4.39. The number of rotatable bonds is 5. The average Bonchev–Trinajstić information content (AvgIpc) is 3.05. The van der Waals surface area contributed by atoms with Gasteiger partial charge in [0.25, 0.3) is 5.91 Å². The van der Waals surface area contributed by atoms with Crippen molar-refractivity contribution in [1.29, 1.82) is 0 Å². The van der Waals surface area contributed by atoms with Gasteiger partial charge in [0, 0.05) is 44.6 Å². The molecule has 1 fully saturated rings. The first-order valence-corrected chi connectivity index (χ1v) is 8.25. The SMILES string of the molecule is CCN(C(=O)c1cccnc1)C1CCN(Cc2ccccc2)C1. The lowest BCUT2D eigenvalue weighted by Crippen LogP contribution is -2.41. The number of likely N-dealkylation sites (tertiary alicyclic amines) is 1. The fourth-order valence-corrected chi connectivity index (χ4v) is 3.27. The molecule has 1 amide bonds. The molecule has 0 aliphatic carbocycles. The molecule has 2 aromatic rings. The number of carbonyl (C=O) groups excluding carboxylic acids is 1. The Morgan fingerprint density at radius 1 is 1.26 bits per heavy atom. The molecule has 4 nitrogen and oxygen atoms in total. The number of aromatic nitrogens is 1. The highest BCUT2D eigenvalue weighted by Crippen LogP contribution is 2.19. The highest BCUT2D eigenvalue weighted by atomic mass is 16.2. The zero-order valence-corrected chi connectivity index (χ0v) is 13.6. The van der Waals surface area contributed by atoms with Crippen LogP contribution in [0, 0.1) is 0 Å². The summed E-state index contributed by atoms with van der Waals surface area (Å²) in [5.41, 5.74) is 2.01. The van der Waals surface area contributed by atoms with Crippen molar-refractivity contribution in [2.75, 3.05) is 19.6 Å². The number of amides is 1. The monoisotopic (exact) mass is 309 g/mol. The topological polar surface area (TPSA) is 36.4 Å². The van der Waals surface area contributed by atoms with Crippen molar-refractivity contribution in [3.8, 4) is 0 Å². The highest BCUT2D eigenvalue weighted by molar-refractivity contribution is 5.94. The Bertz CT molecular complexity index is 630. The van der Waals surface area contributed by atoms with E-state index in [0.29, 0.717) is 5.56 Å². The molecule has 1 saturated heterocycles. The van der Waals surface area contributed by atoms with Crippen LogP contribution in [-0.2, 0) is 6.54 Å². The van der Waals surface area contributed by atoms with Gasteiger partial charge < -0.3 is 4.90 Å². The van der Waals surface area contributed by atoms with Gasteiger partial charge in [-0.25, -0.2) is 0 Å². The third kappa shape index (κ3) is 3.77. The van der Waals surface area contributed by atoms with Crippen molar-refractivity contribution in [3.05, 3.63) is 66.0 Å². The van der Waals surface area contributed by atoms with Gasteiger partial charge >= 0.3 is 0 Å². The van der Waals surface area contributed by atoms with Crippen molar-refractivity contribution < 1.29 is 4.79 Å². The standard InChI is InChI=1S/C19H23N3O/c1-2-22(19(23)17-9-6-11-20-13-17)18-10-12-21(15-18)14-16-7-4-3-5-8-16/h3-9,11,13,18H,2,10,12,14-15H2,1H3. The molecule has 120 valence electrons. The quantitative estimate of drug-likeness (QED) is 0.852. The fourth-order valence-electron chi connectivity index (χ4n) is 3.27. The first kappa shape index (κ1) is 15.7. The van der Waals surface area contributed by atoms with Crippen molar-refractivity contribution in [2.45, 2.75) is 25.9 Å². The van der Waals surface area contributed by atoms with Crippen LogP contribution < -0.4 is 0 Å². The molecule has 0 bridgehead atoms. The smallest absolute Gasteiger partial charge is 0.255 e. The molecule has 1 aliphatic heterocycles. The Morgan fingerprint density at radius 2 is 2.09 bits per heavy atom. The summed E-state index contributed by atoms with van der Waals surface area (Å²) < 4.78 is 0. The summed E-state index contributed by atoms with van der Waals surface area (Å²) in [6, 6.07) is 14.5. The third-order valence-electron chi connectivity index (χ3n) is 4.45. The third-order valence-corrected chi connectivity index (χ3v) is 4.45. The van der Waals surface area contributed by atoms with Crippen LogP contribution in [0.2, 0.25) is 0 Å². The highest BCUT2D eigenvalue weighted by Gasteiger charge is 2.30. The Kier molecular flexibility index (Phi) is 5.03. The molecule has 0 radical (unpaired) electrons. The van der Waals surface area contributed by atoms with E-state index >= 15 is 0 Å². The van der Waals surface area contributed by atoms with E-state index < -0.39 is 0 Å². The first-order chi connectivity index (χ1) is 11.3. The molecule has 3 rings (SSSR count). The predicted octanol–water partition coefficient (Wildman–Crippen LogP) is 2.82. The van der Waals surface area contributed by atoms with E-state index in [-0.39, 0.29) is 11.9 Å². The van der Waals surface area contributed by atoms with E-state index in [4.69, 9.17) is 0 Å². The molecule has 1 atom stereocenters. The van der Waals surface area contributed by atoms with Crippen LogP contribution in [0.5, 0.6) is 0 Å². The summed E-state index contributed by atoms with van der Waals surface area (Å²) in [7, 11) is 0. The molecular weight excluding hydrogens is 286 g/mol. The van der Waals surface area contributed by atoms with E-state index in [2.05, 4.69) is 34.1 Å². The van der Waals surface area contributed by atoms with Crippen LogP contribution >= 0.6 is 0 Å². The van der Waals surface area contributed by atoms with Gasteiger partial charge in [-0.1, -0.05) is 30.3 Å². The number of hydrogen-bond donors (Lipinski definition) is 0. The van der Waals surface area contributed by atoms with E-state index in [0.717, 1.165) is 32.6 Å². The number of nitrogens with zero attached hydrogens (tertiary/aromatic N) is 3. The molecule has 0 spiro atoms. The zero-order chi connectivity index (χ0) is 16.1. The van der Waals surface area contributed by atoms with Crippen LogP contribution in [0.1, 0.15) is 29.3 Å². The number of benzene rings is 1. The second-order valence-electron chi connectivity index (χ2n) is 6.00. The summed E-state index contributed by atoms with van der Waals surface area (Å²) in [5, 5.41) is 0. The molecular formula is C19H23N3O. The minimum absolute atomic E-state index is 0.0900. The largest absolute Gasteiger partial charge is 0.335 e. The van der Waals surface area contributed by atoms with Gasteiger partial charge in [0.05, 0.1) is 5.56 Å². The number of pyridine rings is 1. The summed E-state index contributed by atoms with van der Waals surface area (Å²) in [5.74, 6) is 0.0900. The van der Waals surface area contributed by atoms with Gasteiger partial charge in [0.2, 0.25) is 0 Å². The van der Waals surface area contributed by atoms with E-state index in [9.17, 15) is 4.79 Å². The molecule has 0 saturated carbocycles. The zero-order valence-electron chi connectivity index (χ0n) is 13.6. The molecule has 1 unspecified atom stereocenters. The second-order valence-corrected chi connectivity index (χ2v) is 6.00. The van der Waals surface area contributed by atoms with E-state index in [1.807, 2.05) is 30.0 Å². The second kappa shape index (κ2) is 7.38. The molecule has 2 heterocycles. The lowest BCUT2D eigenvalue weighted by atomic mass is 10.1. The number of likely N-dealkylation sites (N-methyl/N-ethyl adjacent to an activating group) is 1. The van der Waals surface area contributed by atoms with Gasteiger partial charge in [0.15, 0.2) is 0 Å². The maximum atomic E-state index is 12.7. The van der Waals surface area contributed by atoms with Gasteiger partial charge in [-0.05, 0) is 31.0 Å². The maximum Gasteiger partial charge on any atom is 0.255 e. The van der Waals surface area contributed by atoms with Crippen LogP contribution in [0.3, 0.4) is 0 Å². The van der Waals surface area contributed by atoms with Gasteiger partial charge in [-0.2, -0.15) is 0 Å². The fraction of sp³-hybridized carbons (Fsp3) is 0.368. The molecule has 4 heteroatoms. The Morgan fingerprint density at radius 3 is 2.78 bits per heavy atom. The summed E-state index contributed by atoms with van der Waals surface area (Å²) in [6.45, 7) is 5.72. The van der Waals surface area contributed by atoms with E-state index in [1.165, 1.54) is 5.56 Å². The van der Waals surface area contributed by atoms with Crippen molar-refractivity contribution >= 4 is 5.91 Å². The molecule has 1 aromatic heterocycles. The average molecular weight is 309 g/mol. The minimum Gasteiger partial charge on any atom is -0.335 e. The van der Waals surface area contributed by atoms with Crippen LogP contribution in [-0.4, -0.2) is 46.4 Å². The van der Waals surface area contributed by atoms with Crippen molar-refractivity contribution in [2.24, 2.45) is 0 Å². The molecule has 1 aromatic carbocycles. The van der Waals surface area contributed by atoms with Crippen LogP contribution in [0.15, 0.2) is 54.9 Å². The predicted molar refractivity (Wildman–Crippen MR) is 91.1 cm³/mol. The molecule has 23 heavy (non-hydrogen) atoms. The number of carbonyl (C=O) groups is 1. The van der Waals surface area contributed by atoms with Crippen LogP contribution in [0.4, 0.5) is 0 Å². The lowest BCUT2D eigenvalue weighted by molar-refractivity contribution is 0.0693. The Hall–Kier alpha value is -2.20. The maximum absolute atomic E-state index is 12.7. The summed E-state index contributed by atoms with van der Waals surface area (Å²) in [4.78, 5) is 21.2. The van der Waals surface area contributed by atoms with E-state index in [1.54, 1.807) is 12.4 Å². The normalized spacial score (nSPS) is 18.0. The van der Waals surface area contributed by atoms with Gasteiger partial charge in [-0.3, -0.25) is 14.7 Å². The van der Waals surface area contributed by atoms with Crippen LogP contribution in [0.25, 0.3) is 0 Å². The Labute approximate surface area is 137 Å². The van der Waals surface area contributed by atoms with Gasteiger partial charge in [0.1, 0.15) is 0 Å². The lowest BCUT2D eigenvalue weighted by Gasteiger charge is -2.28. The minimum atomic E-state index is 0.0900. The molecule has 1 aliphatic rings. The van der Waals surface area contributed by atoms with Gasteiger partial charge in [-0.15, -0.1) is 0 Å². The first-order valence-electron chi connectivity index (χ1n) is 8.25. The van der Waals surface area contributed by atoms with Crippen molar-refractivity contribution in [1.82, 2.24) is 14.8 Å².